The van der Waals surface area contributed by atoms with E-state index in [1.54, 1.807) is 0 Å². The van der Waals surface area contributed by atoms with Gasteiger partial charge in [-0.15, -0.1) is 0 Å². The number of nitrogens with two attached hydrogens (primary N) is 1. The standard InChI is InChI=1S/C18H21BrN2O3/c19-10-5-6-14-12(9-10)11-3-1-2-4-13(11)21(14)18(23)16-8-7-15(24-16)17(20)22/h5-6,9,11,13,15-16H,1-4,7-8H2,(H2,20,22)/t11-,13-,15-,16+/m0/s1. The van der Waals surface area contributed by atoms with Crippen LogP contribution in [0.25, 0.3) is 0 Å². The predicted octanol–water partition coefficient (Wildman–Crippen LogP) is 2.85. The van der Waals surface area contributed by atoms with Crippen molar-refractivity contribution in [3.63, 3.8) is 0 Å². The molecule has 2 fully saturated rings. The maximum atomic E-state index is 13.2. The minimum absolute atomic E-state index is 0.0169. The average Bonchev–Trinajstić information content (AvgIpc) is 3.17. The molecule has 1 aliphatic carbocycles. The number of hydrogen-bond acceptors (Lipinski definition) is 3. The molecular formula is C18H21BrN2O3. The fraction of sp³-hybridized carbons (Fsp3) is 0.556. The summed E-state index contributed by atoms with van der Waals surface area (Å²) < 4.78 is 6.69. The molecule has 2 N–H and O–H groups in total. The molecule has 3 aliphatic rings. The number of hydrogen-bond donors (Lipinski definition) is 1. The number of fused-ring (bicyclic) bond motifs is 3. The van der Waals surface area contributed by atoms with Crippen LogP contribution in [0.5, 0.6) is 0 Å². The second-order valence-corrected chi connectivity index (χ2v) is 7.88. The van der Waals surface area contributed by atoms with Gasteiger partial charge in [-0.2, -0.15) is 0 Å². The number of nitrogens with zero attached hydrogens (tertiary/aromatic N) is 1. The van der Waals surface area contributed by atoms with Crippen molar-refractivity contribution in [3.05, 3.63) is 28.2 Å². The number of primary amides is 1. The Bertz CT molecular complexity index is 693. The zero-order valence-corrected chi connectivity index (χ0v) is 15.0. The molecular weight excluding hydrogens is 372 g/mol. The molecule has 6 heteroatoms. The largest absolute Gasteiger partial charge is 0.367 e. The monoisotopic (exact) mass is 392 g/mol. The first-order valence-corrected chi connectivity index (χ1v) is 9.43. The minimum atomic E-state index is -0.631. The molecule has 0 bridgehead atoms. The van der Waals surface area contributed by atoms with Gasteiger partial charge in [-0.1, -0.05) is 28.8 Å². The Morgan fingerprint density at radius 2 is 1.88 bits per heavy atom. The molecule has 1 aromatic carbocycles. The van der Waals surface area contributed by atoms with Crippen LogP contribution in [0.2, 0.25) is 0 Å². The van der Waals surface area contributed by atoms with Crippen molar-refractivity contribution < 1.29 is 14.3 Å². The van der Waals surface area contributed by atoms with Crippen LogP contribution in [-0.2, 0) is 14.3 Å². The smallest absolute Gasteiger partial charge is 0.256 e. The first-order chi connectivity index (χ1) is 11.6. The average molecular weight is 393 g/mol. The summed E-state index contributed by atoms with van der Waals surface area (Å²) in [4.78, 5) is 26.4. The number of carbonyl (C=O) groups excluding carboxylic acids is 2. The summed E-state index contributed by atoms with van der Waals surface area (Å²) in [6.07, 6.45) is 4.40. The lowest BCUT2D eigenvalue weighted by atomic mass is 9.82. The van der Waals surface area contributed by atoms with Gasteiger partial charge >= 0.3 is 0 Å². The predicted molar refractivity (Wildman–Crippen MR) is 93.7 cm³/mol. The Morgan fingerprint density at radius 1 is 1.12 bits per heavy atom. The van der Waals surface area contributed by atoms with E-state index >= 15 is 0 Å². The fourth-order valence-electron chi connectivity index (χ4n) is 4.47. The summed E-state index contributed by atoms with van der Waals surface area (Å²) in [5.74, 6) is -0.0909. The molecule has 128 valence electrons. The van der Waals surface area contributed by atoms with Crippen LogP contribution in [-0.4, -0.2) is 30.1 Å². The van der Waals surface area contributed by atoms with Gasteiger partial charge in [0.05, 0.1) is 0 Å². The van der Waals surface area contributed by atoms with Crippen molar-refractivity contribution in [2.75, 3.05) is 4.90 Å². The zero-order chi connectivity index (χ0) is 16.8. The van der Waals surface area contributed by atoms with Gasteiger partial charge in [0.2, 0.25) is 5.91 Å². The summed E-state index contributed by atoms with van der Waals surface area (Å²) >= 11 is 3.55. The molecule has 1 aromatic rings. The van der Waals surface area contributed by atoms with E-state index < -0.39 is 18.1 Å². The summed E-state index contributed by atoms with van der Waals surface area (Å²) in [6, 6.07) is 6.37. The third kappa shape index (κ3) is 2.56. The molecule has 1 saturated carbocycles. The van der Waals surface area contributed by atoms with Gasteiger partial charge in [0.15, 0.2) is 0 Å². The van der Waals surface area contributed by atoms with Gasteiger partial charge in [0, 0.05) is 22.1 Å². The third-order valence-electron chi connectivity index (χ3n) is 5.56. The van der Waals surface area contributed by atoms with Gasteiger partial charge in [-0.25, -0.2) is 0 Å². The molecule has 2 heterocycles. The highest BCUT2D eigenvalue weighted by atomic mass is 79.9. The van der Waals surface area contributed by atoms with Crippen molar-refractivity contribution in [3.8, 4) is 0 Å². The Kier molecular flexibility index (Phi) is 4.12. The van der Waals surface area contributed by atoms with Crippen molar-refractivity contribution in [1.29, 1.82) is 0 Å². The topological polar surface area (TPSA) is 72.6 Å². The number of halogens is 1. The number of carbonyl (C=O) groups is 2. The summed E-state index contributed by atoms with van der Waals surface area (Å²) in [6.45, 7) is 0. The van der Waals surface area contributed by atoms with Crippen molar-refractivity contribution in [2.24, 2.45) is 5.73 Å². The lowest BCUT2D eigenvalue weighted by Gasteiger charge is -2.33. The van der Waals surface area contributed by atoms with E-state index in [0.717, 1.165) is 29.4 Å². The maximum absolute atomic E-state index is 13.2. The lowest BCUT2D eigenvalue weighted by molar-refractivity contribution is -0.136. The SMILES string of the molecule is NC(=O)[C@@H]1CC[C@H](C(=O)N2c3ccc(Br)cc3[C@@H]3CCCC[C@@H]32)O1. The summed E-state index contributed by atoms with van der Waals surface area (Å²) in [5.41, 5.74) is 7.58. The lowest BCUT2D eigenvalue weighted by Crippen LogP contribution is -2.46. The molecule has 2 amide bonds. The van der Waals surface area contributed by atoms with Crippen LogP contribution >= 0.6 is 15.9 Å². The minimum Gasteiger partial charge on any atom is -0.367 e. The second kappa shape index (κ2) is 6.15. The molecule has 0 aromatic heterocycles. The second-order valence-electron chi connectivity index (χ2n) is 6.96. The van der Waals surface area contributed by atoms with Crippen molar-refractivity contribution in [1.82, 2.24) is 0 Å². The van der Waals surface area contributed by atoms with Crippen LogP contribution in [0.15, 0.2) is 22.7 Å². The molecule has 0 radical (unpaired) electrons. The van der Waals surface area contributed by atoms with E-state index in [1.807, 2.05) is 17.0 Å². The number of amides is 2. The van der Waals surface area contributed by atoms with Crippen molar-refractivity contribution >= 4 is 33.4 Å². The van der Waals surface area contributed by atoms with Gasteiger partial charge in [-0.3, -0.25) is 9.59 Å². The van der Waals surface area contributed by atoms with Gasteiger partial charge < -0.3 is 15.4 Å². The first-order valence-electron chi connectivity index (χ1n) is 8.63. The summed E-state index contributed by atoms with van der Waals surface area (Å²) in [7, 11) is 0. The van der Waals surface area contributed by atoms with E-state index in [-0.39, 0.29) is 11.9 Å². The molecule has 2 aliphatic heterocycles. The van der Waals surface area contributed by atoms with Crippen LogP contribution < -0.4 is 10.6 Å². The Labute approximate surface area is 149 Å². The number of ether oxygens (including phenoxy) is 1. The Morgan fingerprint density at radius 3 is 2.62 bits per heavy atom. The first kappa shape index (κ1) is 16.1. The number of anilines is 1. The quantitative estimate of drug-likeness (QED) is 0.840. The third-order valence-corrected chi connectivity index (χ3v) is 6.05. The fourth-order valence-corrected chi connectivity index (χ4v) is 4.85. The molecule has 1 saturated heterocycles. The maximum Gasteiger partial charge on any atom is 0.256 e. The number of rotatable bonds is 2. The van der Waals surface area contributed by atoms with Gasteiger partial charge in [0.25, 0.3) is 5.91 Å². The van der Waals surface area contributed by atoms with E-state index in [4.69, 9.17) is 10.5 Å². The van der Waals surface area contributed by atoms with Crippen LogP contribution in [0, 0.1) is 0 Å². The highest BCUT2D eigenvalue weighted by Crippen LogP contribution is 2.49. The van der Waals surface area contributed by atoms with Crippen LogP contribution in [0.1, 0.15) is 50.0 Å². The Balaban J connectivity index is 1.64. The molecule has 4 rings (SSSR count). The van der Waals surface area contributed by atoms with Crippen LogP contribution in [0.3, 0.4) is 0 Å². The van der Waals surface area contributed by atoms with Gasteiger partial charge in [0.1, 0.15) is 12.2 Å². The molecule has 0 unspecified atom stereocenters. The van der Waals surface area contributed by atoms with Gasteiger partial charge in [-0.05, 0) is 49.4 Å². The zero-order valence-electron chi connectivity index (χ0n) is 13.4. The molecule has 0 spiro atoms. The molecule has 4 atom stereocenters. The van der Waals surface area contributed by atoms with E-state index in [1.165, 1.54) is 12.0 Å². The Hall–Kier alpha value is -1.40. The highest BCUT2D eigenvalue weighted by molar-refractivity contribution is 9.10. The summed E-state index contributed by atoms with van der Waals surface area (Å²) in [5, 5.41) is 0. The molecule has 24 heavy (non-hydrogen) atoms. The van der Waals surface area contributed by atoms with E-state index in [2.05, 4.69) is 22.0 Å². The van der Waals surface area contributed by atoms with Crippen molar-refractivity contribution in [2.45, 2.75) is 62.7 Å². The number of benzene rings is 1. The normalized spacial score (nSPS) is 31.6. The van der Waals surface area contributed by atoms with E-state index in [0.29, 0.717) is 18.8 Å². The highest BCUT2D eigenvalue weighted by Gasteiger charge is 2.46. The van der Waals surface area contributed by atoms with Crippen LogP contribution in [0.4, 0.5) is 5.69 Å². The van der Waals surface area contributed by atoms with E-state index in [9.17, 15) is 9.59 Å². The molecule has 5 nitrogen and oxygen atoms in total.